The number of carbonyl (C=O) groups is 9. The molecule has 546 valence electrons. The number of aliphatic hydroxyl groups excluding tert-OH is 1. The topological polar surface area (TPSA) is 551 Å². The summed E-state index contributed by atoms with van der Waals surface area (Å²) in [5.41, 5.74) is -2.58. The highest BCUT2D eigenvalue weighted by Crippen LogP contribution is 2.40. The lowest BCUT2D eigenvalue weighted by Crippen LogP contribution is -2.45. The minimum absolute atomic E-state index is 0.160. The van der Waals surface area contributed by atoms with Crippen LogP contribution in [-0.2, 0) is 52.3 Å². The van der Waals surface area contributed by atoms with Crippen LogP contribution in [0.2, 0.25) is 0 Å². The Kier molecular flexibility index (Phi) is 60.4. The summed E-state index contributed by atoms with van der Waals surface area (Å²) in [5, 5.41) is 97.2. The van der Waals surface area contributed by atoms with Gasteiger partial charge in [0.25, 0.3) is 0 Å². The summed E-state index contributed by atoms with van der Waals surface area (Å²) in [6.45, 7) is 15.1. The monoisotopic (exact) mass is 1370 g/mol. The van der Waals surface area contributed by atoms with E-state index in [1.54, 1.807) is 174 Å². The van der Waals surface area contributed by atoms with E-state index in [0.717, 1.165) is 25.7 Å². The minimum Gasteiger partial charge on any atom is -0.480 e. The van der Waals surface area contributed by atoms with Crippen molar-refractivity contribution in [2.75, 3.05) is 139 Å². The number of likely N-dealkylation sites (N-methyl/N-ethyl adjacent to an activating group) is 9. The first kappa shape index (κ1) is 105. The third kappa shape index (κ3) is 58.6. The van der Waals surface area contributed by atoms with Crippen molar-refractivity contribution >= 4 is 68.9 Å². The third-order valence-electron chi connectivity index (χ3n) is 12.8. The summed E-state index contributed by atoms with van der Waals surface area (Å²) in [6.07, 6.45) is 3.37. The summed E-state index contributed by atoms with van der Waals surface area (Å²) in [5.74, 6) is -7.01. The maximum Gasteiger partial charge on any atom is 0.339 e. The lowest BCUT2D eigenvalue weighted by molar-refractivity contribution is -0.148. The number of carboxylic acid groups (broad SMARTS) is 9. The van der Waals surface area contributed by atoms with Crippen LogP contribution in [0.5, 0.6) is 0 Å². The van der Waals surface area contributed by atoms with Gasteiger partial charge in [-0.05, 0) is 199 Å². The quantitative estimate of drug-likeness (QED) is 0.0483. The largest absolute Gasteiger partial charge is 0.480 e. The van der Waals surface area contributed by atoms with Gasteiger partial charge in [0, 0.05) is 0 Å². The molecule has 0 aromatic carbocycles. The van der Waals surface area contributed by atoms with Crippen LogP contribution in [-0.4, -0.2) is 345 Å². The average molecular weight is 1370 g/mol. The summed E-state index contributed by atoms with van der Waals surface area (Å²) < 4.78 is 20.0. The number of hydrogen-bond acceptors (Lipinski definition) is 23. The molecule has 0 aromatic heterocycles. The van der Waals surface area contributed by atoms with Crippen molar-refractivity contribution in [1.29, 1.82) is 0 Å². The Hall–Kier alpha value is -4.95. The molecule has 0 heterocycles. The van der Waals surface area contributed by atoms with Gasteiger partial charge in [-0.1, -0.05) is 20.8 Å². The SMILES string of the molecule is CC(C(=O)O)N(C)C.CC(C)C(C(=O)O)N(C)C.CCC(NC)C(=O)O.CN(C)C(C)(C)C(=O)O.CN(C)C(CO)C(=O)O.CN(C)C1(C(=O)O)CC1.CN(C)CP(=O)(O)O.CNC(C)(C)C(=O)O.CNC(C)C(=O)O.CNC1(C(=O)O)CC1.CNCP(=O)(O)O. The number of aliphatic carboxylic acids is 9. The van der Waals surface area contributed by atoms with Crippen LogP contribution in [0.25, 0.3) is 0 Å². The molecular formula is C53H119N11O25P2. The molecule has 5 atom stereocenters. The van der Waals surface area contributed by atoms with Crippen LogP contribution in [0.4, 0.5) is 0 Å². The van der Waals surface area contributed by atoms with Crippen molar-refractivity contribution in [3.05, 3.63) is 0 Å². The highest BCUT2D eigenvalue weighted by atomic mass is 31.2. The van der Waals surface area contributed by atoms with Gasteiger partial charge >= 0.3 is 68.9 Å². The molecular weight excluding hydrogens is 1250 g/mol. The van der Waals surface area contributed by atoms with E-state index < -0.39 is 103 Å². The molecule has 2 saturated carbocycles. The van der Waals surface area contributed by atoms with Gasteiger partial charge in [-0.15, -0.1) is 0 Å². The van der Waals surface area contributed by atoms with Crippen molar-refractivity contribution in [3.63, 3.8) is 0 Å². The lowest BCUT2D eigenvalue weighted by Gasteiger charge is -2.27. The van der Waals surface area contributed by atoms with Crippen LogP contribution in [0.1, 0.15) is 94.4 Å². The van der Waals surface area contributed by atoms with E-state index in [1.165, 1.54) is 16.8 Å². The summed E-state index contributed by atoms with van der Waals surface area (Å²) >= 11 is 0. The number of carboxylic acids is 9. The Morgan fingerprint density at radius 3 is 0.956 bits per heavy atom. The molecule has 0 radical (unpaired) electrons. The van der Waals surface area contributed by atoms with E-state index in [2.05, 4.69) is 26.6 Å². The molecule has 0 aliphatic heterocycles. The average Bonchev–Trinajstić information content (AvgIpc) is 1.82. The van der Waals surface area contributed by atoms with Gasteiger partial charge in [-0.25, -0.2) is 0 Å². The van der Waals surface area contributed by atoms with E-state index >= 15 is 0 Å². The first-order valence-corrected chi connectivity index (χ1v) is 31.4. The van der Waals surface area contributed by atoms with Crippen molar-refractivity contribution in [2.24, 2.45) is 5.92 Å². The lowest BCUT2D eigenvalue weighted by atomic mass is 10.0. The van der Waals surface area contributed by atoms with Crippen molar-refractivity contribution in [3.8, 4) is 0 Å². The van der Waals surface area contributed by atoms with E-state index in [0.29, 0.717) is 6.42 Å². The predicted octanol–water partition coefficient (Wildman–Crippen LogP) is -1.09. The van der Waals surface area contributed by atoms with Gasteiger partial charge in [0.1, 0.15) is 58.7 Å². The molecule has 2 rings (SSSR count). The normalized spacial score (nSPS) is 14.7. The van der Waals surface area contributed by atoms with Gasteiger partial charge in [0.15, 0.2) is 0 Å². The fourth-order valence-corrected chi connectivity index (χ4v) is 6.10. The summed E-state index contributed by atoms with van der Waals surface area (Å²) in [6, 6.07) is -2.32. The Bertz CT molecular complexity index is 2100. The molecule has 2 aliphatic rings. The van der Waals surface area contributed by atoms with E-state index in [-0.39, 0.29) is 43.2 Å². The number of nitrogens with one attached hydrogen (secondary N) is 5. The van der Waals surface area contributed by atoms with Crippen LogP contribution in [0.3, 0.4) is 0 Å². The standard InChI is InChI=1S/C7H15NO2.C6H11NO2.C6H13NO2.C5H11NO3.C5H9NO2.3C5H11NO2.C4H9NO2.C3H10NO3P.C2H8NO3P/c1-5(2)6(7(9)10)8(3)4;1-7(2)6(3-4-6)5(8)9;1-6(2,5(8)9)7(3)4;1-6(2)4(3-7)5(8)9;1-6-5(2-3-5)4(7)8;1-5(2,6-3)4(7)8;1-4(5(7)8)6(2)3;1-3-4(6-2)5(7)8;1-3(5-2)4(6)7;1-4(2)3-8(5,6)7;1-3-2-7(4,5)6/h5-6H,1-4H3,(H,9,10);3-4H2,1-2H3,(H,8,9);1-4H3,(H,8,9);4,7H,3H2,1-2H3,(H,8,9);6H,2-3H2,1H3,(H,7,8);6H,1-3H3,(H,7,8);4H,1-3H3,(H,7,8);4,6H,3H2,1-2H3,(H,7,8);3,5H,1-2H3,(H,6,7);3H2,1-2H3,(H2,5,6,7);3H,2H2,1H3,(H2,4,5,6). The maximum atomic E-state index is 10.5. The van der Waals surface area contributed by atoms with Crippen molar-refractivity contribution in [2.45, 2.75) is 147 Å². The molecule has 5 unspecified atom stereocenters. The molecule has 0 amide bonds. The van der Waals surface area contributed by atoms with Gasteiger partial charge in [0.05, 0.1) is 12.9 Å². The second-order valence-corrected chi connectivity index (χ2v) is 26.0. The number of aliphatic hydroxyl groups is 1. The van der Waals surface area contributed by atoms with Crippen LogP contribution in [0.15, 0.2) is 0 Å². The second-order valence-electron chi connectivity index (χ2n) is 22.8. The second kappa shape index (κ2) is 52.4. The zero-order valence-corrected chi connectivity index (χ0v) is 60.2. The molecule has 36 nitrogen and oxygen atoms in total. The first-order valence-electron chi connectivity index (χ1n) is 27.8. The minimum atomic E-state index is -3.80. The van der Waals surface area contributed by atoms with Crippen LogP contribution >= 0.6 is 15.2 Å². The van der Waals surface area contributed by atoms with E-state index in [9.17, 15) is 52.3 Å². The number of rotatable bonds is 25. The fourth-order valence-electron chi connectivity index (χ4n) is 4.95. The van der Waals surface area contributed by atoms with Gasteiger partial charge in [-0.2, -0.15) is 0 Å². The maximum absolute atomic E-state index is 10.5. The zero-order valence-electron chi connectivity index (χ0n) is 58.5. The fraction of sp³-hybridized carbons (Fsp3) is 0.830. The summed E-state index contributed by atoms with van der Waals surface area (Å²) in [7, 11) is 21.0. The third-order valence-corrected chi connectivity index (χ3v) is 14.4. The highest BCUT2D eigenvalue weighted by molar-refractivity contribution is 7.51. The molecule has 0 aromatic rings. The first-order chi connectivity index (χ1) is 40.7. The Balaban J connectivity index is -0.000000116. The molecule has 0 saturated heterocycles. The van der Waals surface area contributed by atoms with Crippen molar-refractivity contribution < 1.29 is 123 Å². The predicted molar refractivity (Wildman–Crippen MR) is 345 cm³/mol. The van der Waals surface area contributed by atoms with Crippen LogP contribution < -0.4 is 26.6 Å². The molecule has 38 heteroatoms. The smallest absolute Gasteiger partial charge is 0.339 e. The Morgan fingerprint density at radius 2 is 0.956 bits per heavy atom. The van der Waals surface area contributed by atoms with E-state index in [4.69, 9.17) is 70.6 Å². The zero-order chi connectivity index (χ0) is 75.3. The Morgan fingerprint density at radius 1 is 0.538 bits per heavy atom. The molecule has 91 heavy (non-hydrogen) atoms. The van der Waals surface area contributed by atoms with Gasteiger partial charge in [-0.3, -0.25) is 81.7 Å². The molecule has 0 spiro atoms. The molecule has 2 fully saturated rings. The van der Waals surface area contributed by atoms with Gasteiger partial charge < -0.3 is 97.2 Å². The van der Waals surface area contributed by atoms with Crippen molar-refractivity contribution in [1.82, 2.24) is 56.0 Å². The number of nitrogens with zero attached hydrogens (tertiary/aromatic N) is 6. The molecule has 0 bridgehead atoms. The van der Waals surface area contributed by atoms with Crippen LogP contribution in [0, 0.1) is 5.92 Å². The van der Waals surface area contributed by atoms with Gasteiger partial charge in [0.2, 0.25) is 0 Å². The van der Waals surface area contributed by atoms with E-state index in [1.807, 2.05) is 20.8 Å². The number of hydrogen-bond donors (Lipinski definition) is 19. The summed E-state index contributed by atoms with van der Waals surface area (Å²) in [4.78, 5) is 134. The molecule has 2 aliphatic carbocycles. The Labute approximate surface area is 538 Å². The highest BCUT2D eigenvalue weighted by Gasteiger charge is 2.52. The molecule has 19 N–H and O–H groups in total.